The van der Waals surface area contributed by atoms with E-state index < -0.39 is 5.60 Å². The van der Waals surface area contributed by atoms with Crippen LogP contribution in [0.4, 0.5) is 0 Å². The van der Waals surface area contributed by atoms with Crippen molar-refractivity contribution in [2.24, 2.45) is 0 Å². The predicted molar refractivity (Wildman–Crippen MR) is 69.1 cm³/mol. The third kappa shape index (κ3) is 3.06. The van der Waals surface area contributed by atoms with E-state index in [9.17, 15) is 5.11 Å². The van der Waals surface area contributed by atoms with E-state index in [1.165, 1.54) is 9.75 Å². The van der Waals surface area contributed by atoms with Gasteiger partial charge < -0.3 is 10.4 Å². The molecule has 1 aliphatic heterocycles. The molecular formula is C13H21NOS. The number of aliphatic hydroxyl groups is 1. The Kier molecular flexibility index (Phi) is 4.00. The van der Waals surface area contributed by atoms with Crippen molar-refractivity contribution in [2.75, 3.05) is 13.1 Å². The average Bonchev–Trinajstić information content (AvgIpc) is 2.60. The molecular weight excluding hydrogens is 218 g/mol. The first kappa shape index (κ1) is 12.1. The van der Waals surface area contributed by atoms with E-state index in [1.54, 1.807) is 0 Å². The molecule has 0 spiro atoms. The zero-order valence-electron chi connectivity index (χ0n) is 9.96. The van der Waals surface area contributed by atoms with Crippen LogP contribution in [0.2, 0.25) is 0 Å². The Hall–Kier alpha value is -0.380. The summed E-state index contributed by atoms with van der Waals surface area (Å²) in [6, 6.07) is 4.37. The lowest BCUT2D eigenvalue weighted by Gasteiger charge is -2.25. The Bertz CT molecular complexity index is 326. The van der Waals surface area contributed by atoms with E-state index in [4.69, 9.17) is 0 Å². The van der Waals surface area contributed by atoms with Crippen molar-refractivity contribution in [1.82, 2.24) is 5.32 Å². The summed E-state index contributed by atoms with van der Waals surface area (Å²) in [5.74, 6) is 0. The number of hydrogen-bond acceptors (Lipinski definition) is 3. The molecule has 0 bridgehead atoms. The molecule has 2 rings (SSSR count). The van der Waals surface area contributed by atoms with Crippen LogP contribution in [0.5, 0.6) is 0 Å². The summed E-state index contributed by atoms with van der Waals surface area (Å²) in [7, 11) is 0. The lowest BCUT2D eigenvalue weighted by atomic mass is 9.90. The van der Waals surface area contributed by atoms with Gasteiger partial charge in [0.15, 0.2) is 0 Å². The zero-order chi connectivity index (χ0) is 11.4. The minimum Gasteiger partial charge on any atom is -0.389 e. The molecule has 1 aromatic rings. The summed E-state index contributed by atoms with van der Waals surface area (Å²) >= 11 is 1.85. The Balaban J connectivity index is 2.00. The number of aryl methyl sites for hydroxylation is 1. The normalized spacial score (nSPS) is 26.6. The molecule has 90 valence electrons. The van der Waals surface area contributed by atoms with Crippen LogP contribution < -0.4 is 5.32 Å². The van der Waals surface area contributed by atoms with Gasteiger partial charge in [0, 0.05) is 16.2 Å². The van der Waals surface area contributed by atoms with Crippen molar-refractivity contribution in [3.63, 3.8) is 0 Å². The fraction of sp³-hybridized carbons (Fsp3) is 0.692. The second-order valence-electron chi connectivity index (χ2n) is 4.73. The molecule has 0 saturated carbocycles. The standard InChI is InChI=1S/C13H21NOS/c1-2-11-4-5-12(16-11)10-13(15)6-3-8-14-9-7-13/h4-5,14-15H,2-3,6-10H2,1H3. The van der Waals surface area contributed by atoms with Gasteiger partial charge in [-0.1, -0.05) is 6.92 Å². The van der Waals surface area contributed by atoms with Crippen molar-refractivity contribution in [2.45, 2.75) is 44.6 Å². The molecule has 16 heavy (non-hydrogen) atoms. The van der Waals surface area contributed by atoms with Gasteiger partial charge in [-0.25, -0.2) is 0 Å². The molecule has 1 aliphatic rings. The Morgan fingerprint density at radius 1 is 1.31 bits per heavy atom. The molecule has 2 heterocycles. The predicted octanol–water partition coefficient (Wildman–Crippen LogP) is 2.36. The van der Waals surface area contributed by atoms with E-state index in [1.807, 2.05) is 11.3 Å². The van der Waals surface area contributed by atoms with E-state index in [0.717, 1.165) is 45.2 Å². The highest BCUT2D eigenvalue weighted by Gasteiger charge is 2.28. The minimum absolute atomic E-state index is 0.473. The Morgan fingerprint density at radius 2 is 2.12 bits per heavy atom. The summed E-state index contributed by atoms with van der Waals surface area (Å²) in [4.78, 5) is 2.76. The van der Waals surface area contributed by atoms with Gasteiger partial charge in [-0.05, 0) is 50.9 Å². The molecule has 1 saturated heterocycles. The van der Waals surface area contributed by atoms with Gasteiger partial charge in [0.05, 0.1) is 5.60 Å². The maximum atomic E-state index is 10.6. The van der Waals surface area contributed by atoms with E-state index in [2.05, 4.69) is 24.4 Å². The molecule has 1 atom stereocenters. The van der Waals surface area contributed by atoms with Crippen LogP contribution in [0.25, 0.3) is 0 Å². The van der Waals surface area contributed by atoms with Crippen molar-refractivity contribution >= 4 is 11.3 Å². The molecule has 1 unspecified atom stereocenters. The van der Waals surface area contributed by atoms with Crippen LogP contribution in [0, 0.1) is 0 Å². The zero-order valence-corrected chi connectivity index (χ0v) is 10.8. The first-order chi connectivity index (χ1) is 7.72. The van der Waals surface area contributed by atoms with Gasteiger partial charge in [0.25, 0.3) is 0 Å². The Labute approximate surface area is 102 Å². The van der Waals surface area contributed by atoms with E-state index >= 15 is 0 Å². The first-order valence-corrected chi connectivity index (χ1v) is 7.04. The van der Waals surface area contributed by atoms with Crippen LogP contribution in [-0.2, 0) is 12.8 Å². The quantitative estimate of drug-likeness (QED) is 0.848. The van der Waals surface area contributed by atoms with Gasteiger partial charge in [-0.3, -0.25) is 0 Å². The summed E-state index contributed by atoms with van der Waals surface area (Å²) < 4.78 is 0. The smallest absolute Gasteiger partial charge is 0.0708 e. The summed E-state index contributed by atoms with van der Waals surface area (Å²) in [6.45, 7) is 4.18. The van der Waals surface area contributed by atoms with Crippen molar-refractivity contribution in [3.8, 4) is 0 Å². The third-order valence-electron chi connectivity index (χ3n) is 3.33. The summed E-state index contributed by atoms with van der Waals surface area (Å²) in [6.07, 6.45) is 4.83. The van der Waals surface area contributed by atoms with Crippen LogP contribution in [0.3, 0.4) is 0 Å². The van der Waals surface area contributed by atoms with Crippen LogP contribution in [0.1, 0.15) is 35.9 Å². The molecule has 0 aromatic carbocycles. The molecule has 2 N–H and O–H groups in total. The molecule has 0 radical (unpaired) electrons. The number of rotatable bonds is 3. The van der Waals surface area contributed by atoms with E-state index in [-0.39, 0.29) is 0 Å². The fourth-order valence-corrected chi connectivity index (χ4v) is 3.42. The number of hydrogen-bond donors (Lipinski definition) is 2. The number of nitrogens with one attached hydrogen (secondary N) is 1. The first-order valence-electron chi connectivity index (χ1n) is 6.22. The summed E-state index contributed by atoms with van der Waals surface area (Å²) in [5, 5.41) is 13.9. The molecule has 1 aromatic heterocycles. The molecule has 1 fully saturated rings. The molecule has 0 aliphatic carbocycles. The Morgan fingerprint density at radius 3 is 2.88 bits per heavy atom. The maximum Gasteiger partial charge on any atom is 0.0708 e. The summed E-state index contributed by atoms with van der Waals surface area (Å²) in [5.41, 5.74) is -0.473. The lowest BCUT2D eigenvalue weighted by molar-refractivity contribution is 0.0292. The highest BCUT2D eigenvalue weighted by molar-refractivity contribution is 7.12. The molecule has 0 amide bonds. The van der Waals surface area contributed by atoms with Crippen LogP contribution >= 0.6 is 11.3 Å². The van der Waals surface area contributed by atoms with Crippen molar-refractivity contribution in [3.05, 3.63) is 21.9 Å². The molecule has 2 nitrogen and oxygen atoms in total. The van der Waals surface area contributed by atoms with E-state index in [0.29, 0.717) is 0 Å². The van der Waals surface area contributed by atoms with Gasteiger partial charge in [-0.15, -0.1) is 11.3 Å². The second-order valence-corrected chi connectivity index (χ2v) is 5.98. The monoisotopic (exact) mass is 239 g/mol. The van der Waals surface area contributed by atoms with Crippen molar-refractivity contribution in [1.29, 1.82) is 0 Å². The van der Waals surface area contributed by atoms with Gasteiger partial charge in [-0.2, -0.15) is 0 Å². The van der Waals surface area contributed by atoms with Gasteiger partial charge in [0.2, 0.25) is 0 Å². The third-order valence-corrected chi connectivity index (χ3v) is 4.56. The molecule has 3 heteroatoms. The SMILES string of the molecule is CCc1ccc(CC2(O)CCCNCC2)s1. The minimum atomic E-state index is -0.473. The highest BCUT2D eigenvalue weighted by Crippen LogP contribution is 2.28. The fourth-order valence-electron chi connectivity index (χ4n) is 2.32. The van der Waals surface area contributed by atoms with Gasteiger partial charge >= 0.3 is 0 Å². The van der Waals surface area contributed by atoms with Crippen LogP contribution in [-0.4, -0.2) is 23.8 Å². The maximum absolute atomic E-state index is 10.6. The lowest BCUT2D eigenvalue weighted by Crippen LogP contribution is -2.32. The highest BCUT2D eigenvalue weighted by atomic mass is 32.1. The largest absolute Gasteiger partial charge is 0.389 e. The average molecular weight is 239 g/mol. The second kappa shape index (κ2) is 5.30. The van der Waals surface area contributed by atoms with Crippen molar-refractivity contribution < 1.29 is 5.11 Å². The number of thiophene rings is 1. The van der Waals surface area contributed by atoms with Gasteiger partial charge in [0.1, 0.15) is 0 Å². The van der Waals surface area contributed by atoms with Crippen LogP contribution in [0.15, 0.2) is 12.1 Å². The topological polar surface area (TPSA) is 32.3 Å².